The first-order valence-corrected chi connectivity index (χ1v) is 8.89. The maximum absolute atomic E-state index is 13.1. The van der Waals surface area contributed by atoms with Crippen molar-refractivity contribution in [2.75, 3.05) is 31.6 Å². The number of carbonyl (C=O) groups is 1. The third-order valence-corrected chi connectivity index (χ3v) is 5.25. The van der Waals surface area contributed by atoms with Gasteiger partial charge in [0.2, 0.25) is 0 Å². The Morgan fingerprint density at radius 3 is 3.00 bits per heavy atom. The molecule has 2 aromatic rings. The number of aryl methyl sites for hydroxylation is 1. The Hall–Kier alpha value is -2.56. The van der Waals surface area contributed by atoms with Gasteiger partial charge in [0.05, 0.1) is 7.11 Å². The number of methoxy groups -OCH3 is 1. The van der Waals surface area contributed by atoms with E-state index < -0.39 is 0 Å². The van der Waals surface area contributed by atoms with Gasteiger partial charge >= 0.3 is 6.03 Å². The van der Waals surface area contributed by atoms with Crippen LogP contribution in [0.15, 0.2) is 42.7 Å². The van der Waals surface area contributed by atoms with Gasteiger partial charge in [-0.3, -0.25) is 9.88 Å². The maximum atomic E-state index is 13.1. The Balaban J connectivity index is 1.51. The van der Waals surface area contributed by atoms with Crippen LogP contribution in [0.3, 0.4) is 0 Å². The highest BCUT2D eigenvalue weighted by Gasteiger charge is 2.32. The first-order valence-electron chi connectivity index (χ1n) is 8.89. The second-order valence-corrected chi connectivity index (χ2v) is 6.75. The van der Waals surface area contributed by atoms with E-state index in [1.807, 2.05) is 34.2 Å². The van der Waals surface area contributed by atoms with E-state index in [-0.39, 0.29) is 6.03 Å². The Kier molecular flexibility index (Phi) is 4.30. The van der Waals surface area contributed by atoms with Crippen molar-refractivity contribution in [3.8, 4) is 5.75 Å². The first-order chi connectivity index (χ1) is 12.3. The van der Waals surface area contributed by atoms with E-state index in [4.69, 9.17) is 4.74 Å². The summed E-state index contributed by atoms with van der Waals surface area (Å²) in [6.07, 6.45) is 6.70. The zero-order valence-electron chi connectivity index (χ0n) is 14.5. The van der Waals surface area contributed by atoms with Crippen molar-refractivity contribution in [1.82, 2.24) is 9.88 Å². The fourth-order valence-electron chi connectivity index (χ4n) is 3.89. The van der Waals surface area contributed by atoms with Crippen LogP contribution in [0.2, 0.25) is 0 Å². The third kappa shape index (κ3) is 3.06. The number of pyridine rings is 1. The van der Waals surface area contributed by atoms with Gasteiger partial charge in [-0.25, -0.2) is 4.79 Å². The van der Waals surface area contributed by atoms with Crippen LogP contribution in [-0.2, 0) is 6.42 Å². The van der Waals surface area contributed by atoms with Crippen molar-refractivity contribution in [3.63, 3.8) is 0 Å². The number of anilines is 1. The Labute approximate surface area is 148 Å². The molecule has 1 atom stereocenters. The summed E-state index contributed by atoms with van der Waals surface area (Å²) in [7, 11) is 1.68. The average Bonchev–Trinajstić information content (AvgIpc) is 3.17. The van der Waals surface area contributed by atoms with Crippen molar-refractivity contribution in [3.05, 3.63) is 53.9 Å². The molecule has 4 rings (SSSR count). The second-order valence-electron chi connectivity index (χ2n) is 6.75. The second kappa shape index (κ2) is 6.75. The Morgan fingerprint density at radius 1 is 1.28 bits per heavy atom. The molecule has 0 N–H and O–H groups in total. The van der Waals surface area contributed by atoms with Crippen LogP contribution >= 0.6 is 0 Å². The van der Waals surface area contributed by atoms with Gasteiger partial charge in [0.15, 0.2) is 0 Å². The highest BCUT2D eigenvalue weighted by atomic mass is 16.5. The van der Waals surface area contributed by atoms with Gasteiger partial charge in [-0.15, -0.1) is 0 Å². The summed E-state index contributed by atoms with van der Waals surface area (Å²) in [4.78, 5) is 21.2. The number of likely N-dealkylation sites (tertiary alicyclic amines) is 1. The lowest BCUT2D eigenvalue weighted by molar-refractivity contribution is 0.214. The predicted octanol–water partition coefficient (Wildman–Crippen LogP) is 3.45. The monoisotopic (exact) mass is 337 g/mol. The topological polar surface area (TPSA) is 45.7 Å². The van der Waals surface area contributed by atoms with Crippen LogP contribution in [0.25, 0.3) is 0 Å². The average molecular weight is 337 g/mol. The van der Waals surface area contributed by atoms with Gasteiger partial charge in [0, 0.05) is 43.6 Å². The van der Waals surface area contributed by atoms with Crippen LogP contribution in [-0.4, -0.2) is 42.7 Å². The van der Waals surface area contributed by atoms with Crippen LogP contribution < -0.4 is 9.64 Å². The predicted molar refractivity (Wildman–Crippen MR) is 97.2 cm³/mol. The molecule has 0 radical (unpaired) electrons. The molecular weight excluding hydrogens is 314 g/mol. The minimum Gasteiger partial charge on any atom is -0.497 e. The van der Waals surface area contributed by atoms with E-state index in [0.717, 1.165) is 50.3 Å². The molecule has 3 heterocycles. The maximum Gasteiger partial charge on any atom is 0.324 e. The van der Waals surface area contributed by atoms with E-state index in [2.05, 4.69) is 17.1 Å². The fraction of sp³-hybridized carbons (Fsp3) is 0.400. The molecular formula is C20H23N3O2. The number of nitrogens with zero attached hydrogens (tertiary/aromatic N) is 3. The van der Waals surface area contributed by atoms with E-state index >= 15 is 0 Å². The van der Waals surface area contributed by atoms with Gasteiger partial charge < -0.3 is 9.64 Å². The zero-order chi connectivity index (χ0) is 17.2. The van der Waals surface area contributed by atoms with E-state index in [1.165, 1.54) is 11.1 Å². The summed E-state index contributed by atoms with van der Waals surface area (Å²) in [6, 6.07) is 10.2. The smallest absolute Gasteiger partial charge is 0.324 e. The lowest BCUT2D eigenvalue weighted by atomic mass is 10.0. The number of urea groups is 1. The number of rotatable bonds is 2. The van der Waals surface area contributed by atoms with Gasteiger partial charge in [-0.1, -0.05) is 6.07 Å². The number of carbonyl (C=O) groups excluding carboxylic acids is 1. The first kappa shape index (κ1) is 15.9. The summed E-state index contributed by atoms with van der Waals surface area (Å²) in [6.45, 7) is 2.36. The van der Waals surface area contributed by atoms with Gasteiger partial charge in [-0.2, -0.15) is 0 Å². The summed E-state index contributed by atoms with van der Waals surface area (Å²) in [5.41, 5.74) is 3.45. The van der Waals surface area contributed by atoms with Crippen molar-refractivity contribution in [2.45, 2.75) is 25.2 Å². The van der Waals surface area contributed by atoms with Crippen molar-refractivity contribution in [1.29, 1.82) is 0 Å². The lowest BCUT2D eigenvalue weighted by Crippen LogP contribution is -2.44. The summed E-state index contributed by atoms with van der Waals surface area (Å²) < 4.78 is 5.32. The molecule has 25 heavy (non-hydrogen) atoms. The molecule has 0 bridgehead atoms. The van der Waals surface area contributed by atoms with E-state index in [0.29, 0.717) is 5.92 Å². The summed E-state index contributed by atoms with van der Waals surface area (Å²) in [5.74, 6) is 1.24. The molecule has 2 amide bonds. The molecule has 0 saturated carbocycles. The van der Waals surface area contributed by atoms with E-state index in [9.17, 15) is 4.79 Å². The minimum atomic E-state index is 0.123. The van der Waals surface area contributed by atoms with Crippen molar-refractivity contribution >= 4 is 11.7 Å². The molecule has 1 saturated heterocycles. The van der Waals surface area contributed by atoms with Crippen molar-refractivity contribution in [2.24, 2.45) is 0 Å². The minimum absolute atomic E-state index is 0.123. The molecule has 0 aliphatic carbocycles. The largest absolute Gasteiger partial charge is 0.497 e. The molecule has 5 heteroatoms. The molecule has 1 aromatic carbocycles. The van der Waals surface area contributed by atoms with Gasteiger partial charge in [0.25, 0.3) is 0 Å². The lowest BCUT2D eigenvalue weighted by Gasteiger charge is -2.33. The number of amides is 2. The fourth-order valence-corrected chi connectivity index (χ4v) is 3.89. The molecule has 1 aromatic heterocycles. The molecule has 5 nitrogen and oxygen atoms in total. The molecule has 2 aliphatic rings. The number of benzene rings is 1. The molecule has 1 unspecified atom stereocenters. The number of fused-ring (bicyclic) bond motifs is 1. The number of aromatic nitrogens is 1. The SMILES string of the molecule is COc1ccc2c(c1)CCCN2C(=O)N1CCC(c2cccnc2)C1. The number of hydrogen-bond acceptors (Lipinski definition) is 3. The van der Waals surface area contributed by atoms with Crippen LogP contribution in [0, 0.1) is 0 Å². The molecule has 2 aliphatic heterocycles. The Bertz CT molecular complexity index is 763. The molecule has 0 spiro atoms. The molecule has 1 fully saturated rings. The van der Waals surface area contributed by atoms with Crippen LogP contribution in [0.4, 0.5) is 10.5 Å². The van der Waals surface area contributed by atoms with Gasteiger partial charge in [0.1, 0.15) is 5.75 Å². The number of ether oxygens (including phenoxy) is 1. The quantitative estimate of drug-likeness (QED) is 0.843. The summed E-state index contributed by atoms with van der Waals surface area (Å²) in [5, 5.41) is 0. The van der Waals surface area contributed by atoms with E-state index in [1.54, 1.807) is 13.3 Å². The summed E-state index contributed by atoms with van der Waals surface area (Å²) >= 11 is 0. The standard InChI is InChI=1S/C20H23N3O2/c1-25-18-6-7-19-15(12-18)5-3-10-23(19)20(24)22-11-8-17(14-22)16-4-2-9-21-13-16/h2,4,6-7,9,12-13,17H,3,5,8,10-11,14H2,1H3. The highest BCUT2D eigenvalue weighted by molar-refractivity contribution is 5.93. The zero-order valence-corrected chi connectivity index (χ0v) is 14.5. The van der Waals surface area contributed by atoms with Crippen LogP contribution in [0.5, 0.6) is 5.75 Å². The number of hydrogen-bond donors (Lipinski definition) is 0. The van der Waals surface area contributed by atoms with Crippen LogP contribution in [0.1, 0.15) is 29.9 Å². The Morgan fingerprint density at radius 2 is 2.20 bits per heavy atom. The molecule has 130 valence electrons. The normalized spacial score (nSPS) is 19.6. The highest BCUT2D eigenvalue weighted by Crippen LogP contribution is 2.33. The third-order valence-electron chi connectivity index (χ3n) is 5.25. The van der Waals surface area contributed by atoms with Crippen molar-refractivity contribution < 1.29 is 9.53 Å². The van der Waals surface area contributed by atoms with Gasteiger partial charge in [-0.05, 0) is 54.7 Å².